The van der Waals surface area contributed by atoms with Crippen molar-refractivity contribution in [2.45, 2.75) is 13.3 Å². The molecule has 0 radical (unpaired) electrons. The molecule has 0 spiro atoms. The predicted octanol–water partition coefficient (Wildman–Crippen LogP) is 1.06. The third-order valence-corrected chi connectivity index (χ3v) is 1.32. The molecule has 1 aromatic heterocycles. The lowest BCUT2D eigenvalue weighted by Crippen LogP contribution is -1.99. The fraction of sp³-hybridized carbons (Fsp3) is 0.600. The molecule has 1 aromatic rings. The van der Waals surface area contributed by atoms with Crippen LogP contribution in [0.15, 0.2) is 0 Å². The maximum Gasteiger partial charge on any atom is 0.297 e. The second kappa shape index (κ2) is 2.32. The van der Waals surface area contributed by atoms with Crippen molar-refractivity contribution in [1.29, 1.82) is 0 Å². The summed E-state index contributed by atoms with van der Waals surface area (Å²) in [4.78, 5) is 0. The van der Waals surface area contributed by atoms with Gasteiger partial charge in [-0.05, 0) is 6.92 Å². The maximum absolute atomic E-state index is 11.9. The van der Waals surface area contributed by atoms with E-state index in [4.69, 9.17) is 0 Å². The number of hydrogen-bond acceptors (Lipinski definition) is 2. The summed E-state index contributed by atoms with van der Waals surface area (Å²) in [6.07, 6.45) is -2.54. The largest absolute Gasteiger partial charge is 0.314 e. The number of hydrogen-bond donors (Lipinski definition) is 0. The molecule has 0 unspecified atom stereocenters. The number of aromatic nitrogens is 3. The van der Waals surface area contributed by atoms with Crippen LogP contribution >= 0.6 is 0 Å². The Hall–Kier alpha value is -1.00. The first-order valence-corrected chi connectivity index (χ1v) is 2.77. The molecule has 0 atom stereocenters. The number of rotatable bonds is 1. The Morgan fingerprint density at radius 2 is 2.00 bits per heavy atom. The normalized spacial score (nSPS) is 10.9. The highest BCUT2D eigenvalue weighted by Gasteiger charge is 2.14. The summed E-state index contributed by atoms with van der Waals surface area (Å²) >= 11 is 0. The van der Waals surface area contributed by atoms with Crippen molar-refractivity contribution in [2.75, 3.05) is 0 Å². The van der Waals surface area contributed by atoms with Gasteiger partial charge in [0.2, 0.25) is 0 Å². The summed E-state index contributed by atoms with van der Waals surface area (Å²) in [5, 5.41) is 6.75. The Morgan fingerprint density at radius 3 is 2.20 bits per heavy atom. The van der Waals surface area contributed by atoms with E-state index in [1.165, 1.54) is 11.6 Å². The molecule has 1 rings (SSSR count). The van der Waals surface area contributed by atoms with Crippen LogP contribution in [-0.2, 0) is 7.05 Å². The predicted molar refractivity (Wildman–Crippen MR) is 30.7 cm³/mol. The minimum atomic E-state index is -2.54. The van der Waals surface area contributed by atoms with E-state index in [2.05, 4.69) is 10.2 Å². The maximum atomic E-state index is 11.9. The van der Waals surface area contributed by atoms with Crippen LogP contribution in [0.1, 0.15) is 18.1 Å². The first-order valence-electron chi connectivity index (χ1n) is 2.77. The molecule has 5 heteroatoms. The van der Waals surface area contributed by atoms with Crippen LogP contribution in [0.5, 0.6) is 0 Å². The molecule has 0 bridgehead atoms. The monoisotopic (exact) mass is 147 g/mol. The number of alkyl halides is 2. The molecule has 0 aliphatic carbocycles. The zero-order chi connectivity index (χ0) is 7.72. The highest BCUT2D eigenvalue weighted by Crippen LogP contribution is 2.15. The van der Waals surface area contributed by atoms with E-state index in [0.29, 0.717) is 5.82 Å². The Morgan fingerprint density at radius 1 is 1.40 bits per heavy atom. The second-order valence-electron chi connectivity index (χ2n) is 1.97. The van der Waals surface area contributed by atoms with Crippen LogP contribution in [0.3, 0.4) is 0 Å². The fourth-order valence-electron chi connectivity index (χ4n) is 0.614. The average Bonchev–Trinajstić information content (AvgIpc) is 2.14. The van der Waals surface area contributed by atoms with Crippen molar-refractivity contribution in [2.24, 2.45) is 7.05 Å². The Kier molecular flexibility index (Phi) is 1.65. The van der Waals surface area contributed by atoms with E-state index in [1.54, 1.807) is 6.92 Å². The van der Waals surface area contributed by atoms with Gasteiger partial charge in [-0.15, -0.1) is 10.2 Å². The Bertz CT molecular complexity index is 231. The zero-order valence-corrected chi connectivity index (χ0v) is 5.67. The topological polar surface area (TPSA) is 30.7 Å². The molecule has 0 fully saturated rings. The minimum absolute atomic E-state index is 0.280. The summed E-state index contributed by atoms with van der Waals surface area (Å²) in [6.45, 7) is 1.62. The van der Waals surface area contributed by atoms with Crippen molar-refractivity contribution >= 4 is 0 Å². The van der Waals surface area contributed by atoms with Crippen molar-refractivity contribution in [3.63, 3.8) is 0 Å². The first kappa shape index (κ1) is 7.11. The van der Waals surface area contributed by atoms with Gasteiger partial charge in [-0.3, -0.25) is 0 Å². The highest BCUT2D eigenvalue weighted by atomic mass is 19.3. The third kappa shape index (κ3) is 0.984. The van der Waals surface area contributed by atoms with Gasteiger partial charge in [-0.1, -0.05) is 0 Å². The van der Waals surface area contributed by atoms with E-state index in [0.717, 1.165) is 0 Å². The third-order valence-electron chi connectivity index (χ3n) is 1.32. The Labute approximate surface area is 56.7 Å². The van der Waals surface area contributed by atoms with Crippen molar-refractivity contribution in [3.8, 4) is 0 Å². The lowest BCUT2D eigenvalue weighted by Gasteiger charge is -1.97. The summed E-state index contributed by atoms with van der Waals surface area (Å²) in [6, 6.07) is 0. The highest BCUT2D eigenvalue weighted by molar-refractivity contribution is 4.92. The SMILES string of the molecule is Cc1nnc(C(F)F)n1C. The number of aryl methyl sites for hydroxylation is 1. The second-order valence-corrected chi connectivity index (χ2v) is 1.97. The van der Waals surface area contributed by atoms with Gasteiger partial charge in [0.25, 0.3) is 6.43 Å². The van der Waals surface area contributed by atoms with Crippen LogP contribution in [0.4, 0.5) is 8.78 Å². The molecule has 56 valence electrons. The lowest BCUT2D eigenvalue weighted by molar-refractivity contribution is 0.136. The smallest absolute Gasteiger partial charge is 0.297 e. The lowest BCUT2D eigenvalue weighted by atomic mass is 10.6. The molecule has 1 heterocycles. The molecule has 0 aliphatic rings. The molecular weight excluding hydrogens is 140 g/mol. The summed E-state index contributed by atoms with van der Waals surface area (Å²) < 4.78 is 25.1. The first-order chi connectivity index (χ1) is 4.63. The van der Waals surface area contributed by atoms with Gasteiger partial charge in [0, 0.05) is 7.05 Å². The summed E-state index contributed by atoms with van der Waals surface area (Å²) in [7, 11) is 1.51. The molecule has 0 aromatic carbocycles. The van der Waals surface area contributed by atoms with E-state index in [-0.39, 0.29) is 5.82 Å². The molecule has 0 aliphatic heterocycles. The number of nitrogens with zero attached hydrogens (tertiary/aromatic N) is 3. The fourth-order valence-corrected chi connectivity index (χ4v) is 0.614. The van der Waals surface area contributed by atoms with Crippen LogP contribution < -0.4 is 0 Å². The quantitative estimate of drug-likeness (QED) is 0.594. The van der Waals surface area contributed by atoms with Crippen molar-refractivity contribution < 1.29 is 8.78 Å². The van der Waals surface area contributed by atoms with Crippen LogP contribution in [0.25, 0.3) is 0 Å². The standard InChI is InChI=1S/C5H7F2N3/c1-3-8-9-5(4(6)7)10(3)2/h4H,1-2H3. The van der Waals surface area contributed by atoms with Gasteiger partial charge < -0.3 is 4.57 Å². The van der Waals surface area contributed by atoms with Crippen molar-refractivity contribution in [1.82, 2.24) is 14.8 Å². The van der Waals surface area contributed by atoms with E-state index in [1.807, 2.05) is 0 Å². The van der Waals surface area contributed by atoms with Gasteiger partial charge in [0.1, 0.15) is 5.82 Å². The Balaban J connectivity index is 3.05. The van der Waals surface area contributed by atoms with E-state index < -0.39 is 6.43 Å². The van der Waals surface area contributed by atoms with E-state index >= 15 is 0 Å². The van der Waals surface area contributed by atoms with Crippen LogP contribution in [0.2, 0.25) is 0 Å². The van der Waals surface area contributed by atoms with Gasteiger partial charge >= 0.3 is 0 Å². The zero-order valence-electron chi connectivity index (χ0n) is 5.67. The molecular formula is C5H7F2N3. The van der Waals surface area contributed by atoms with E-state index in [9.17, 15) is 8.78 Å². The van der Waals surface area contributed by atoms with Crippen LogP contribution in [0, 0.1) is 6.92 Å². The van der Waals surface area contributed by atoms with Gasteiger partial charge in [-0.2, -0.15) is 0 Å². The van der Waals surface area contributed by atoms with Gasteiger partial charge in [0.15, 0.2) is 5.82 Å². The minimum Gasteiger partial charge on any atom is -0.314 e. The van der Waals surface area contributed by atoms with Gasteiger partial charge in [-0.25, -0.2) is 8.78 Å². The molecule has 0 saturated heterocycles. The summed E-state index contributed by atoms with van der Waals surface area (Å²) in [5.74, 6) is 0.216. The van der Waals surface area contributed by atoms with Crippen LogP contribution in [-0.4, -0.2) is 14.8 Å². The van der Waals surface area contributed by atoms with Crippen molar-refractivity contribution in [3.05, 3.63) is 11.6 Å². The average molecular weight is 147 g/mol. The molecule has 10 heavy (non-hydrogen) atoms. The molecule has 0 N–H and O–H groups in total. The molecule has 3 nitrogen and oxygen atoms in total. The molecule has 0 amide bonds. The summed E-state index contributed by atoms with van der Waals surface area (Å²) in [5.41, 5.74) is 0. The van der Waals surface area contributed by atoms with Gasteiger partial charge in [0.05, 0.1) is 0 Å². The number of halogens is 2. The molecule has 0 saturated carbocycles.